The molecule has 1 atom stereocenters. The van der Waals surface area contributed by atoms with E-state index in [1.165, 1.54) is 0 Å². The number of nitrogens with one attached hydrogen (secondary N) is 1. The third-order valence-electron chi connectivity index (χ3n) is 2.87. The molecule has 1 amide bonds. The second-order valence-electron chi connectivity index (χ2n) is 4.93. The lowest BCUT2D eigenvalue weighted by Crippen LogP contribution is -2.35. The fourth-order valence-corrected chi connectivity index (χ4v) is 2.90. The molecule has 1 N–H and O–H groups in total. The van der Waals surface area contributed by atoms with Crippen molar-refractivity contribution >= 4 is 22.7 Å². The highest BCUT2D eigenvalue weighted by atomic mass is 32.2. The zero-order valence-corrected chi connectivity index (χ0v) is 13.0. The molecule has 5 heteroatoms. The Morgan fingerprint density at radius 3 is 2.95 bits per heavy atom. The summed E-state index contributed by atoms with van der Waals surface area (Å²) in [5, 5.41) is 3.80. The molecule has 112 valence electrons. The normalized spacial score (nSPS) is 17.4. The lowest BCUT2D eigenvalue weighted by Gasteiger charge is -2.08. The molecule has 0 saturated heterocycles. The minimum atomic E-state index is -0.300. The van der Waals surface area contributed by atoms with Gasteiger partial charge in [-0.3, -0.25) is 9.79 Å². The predicted molar refractivity (Wildman–Crippen MR) is 87.9 cm³/mol. The van der Waals surface area contributed by atoms with Crippen LogP contribution in [-0.4, -0.2) is 42.5 Å². The number of hydrogen-bond acceptors (Lipinski definition) is 4. The lowest BCUT2D eigenvalue weighted by molar-refractivity contribution is -0.121. The van der Waals surface area contributed by atoms with E-state index in [1.807, 2.05) is 37.3 Å². The summed E-state index contributed by atoms with van der Waals surface area (Å²) in [6.07, 6.45) is 0. The molecule has 0 bridgehead atoms. The van der Waals surface area contributed by atoms with E-state index in [-0.39, 0.29) is 11.9 Å². The quantitative estimate of drug-likeness (QED) is 0.621. The smallest absolute Gasteiger partial charge is 0.245 e. The molecule has 4 nitrogen and oxygen atoms in total. The Labute approximate surface area is 129 Å². The van der Waals surface area contributed by atoms with Crippen LogP contribution in [0.5, 0.6) is 0 Å². The van der Waals surface area contributed by atoms with Crippen LogP contribution in [0.1, 0.15) is 12.5 Å². The average Bonchev–Trinajstić information content (AvgIpc) is 2.97. The summed E-state index contributed by atoms with van der Waals surface area (Å²) >= 11 is 1.63. The zero-order valence-electron chi connectivity index (χ0n) is 12.2. The van der Waals surface area contributed by atoms with Crippen molar-refractivity contribution in [2.75, 3.05) is 25.5 Å². The van der Waals surface area contributed by atoms with Gasteiger partial charge in [0.1, 0.15) is 6.04 Å². The maximum absolute atomic E-state index is 12.0. The molecular formula is C16H20N2O2S. The SMILES string of the molecule is C=C(C)COCCNC(=O)C1CSC(c2ccccc2)=N1. The van der Waals surface area contributed by atoms with Crippen LogP contribution in [0.15, 0.2) is 47.5 Å². The molecule has 1 aromatic carbocycles. The van der Waals surface area contributed by atoms with Gasteiger partial charge in [-0.15, -0.1) is 11.8 Å². The number of ether oxygens (including phenoxy) is 1. The summed E-state index contributed by atoms with van der Waals surface area (Å²) in [5.41, 5.74) is 2.05. The van der Waals surface area contributed by atoms with Gasteiger partial charge in [0.25, 0.3) is 0 Å². The Hall–Kier alpha value is -1.59. The van der Waals surface area contributed by atoms with E-state index in [9.17, 15) is 4.79 Å². The monoisotopic (exact) mass is 304 g/mol. The standard InChI is InChI=1S/C16H20N2O2S/c1-12(2)10-20-9-8-17-15(19)14-11-21-16(18-14)13-6-4-3-5-7-13/h3-7,14H,1,8-11H2,2H3,(H,17,19). The van der Waals surface area contributed by atoms with Crippen molar-refractivity contribution in [1.82, 2.24) is 5.32 Å². The van der Waals surface area contributed by atoms with Crippen molar-refractivity contribution in [2.45, 2.75) is 13.0 Å². The van der Waals surface area contributed by atoms with E-state index in [2.05, 4.69) is 16.9 Å². The molecule has 0 saturated carbocycles. The van der Waals surface area contributed by atoms with E-state index in [0.29, 0.717) is 25.5 Å². The minimum Gasteiger partial charge on any atom is -0.375 e. The fraction of sp³-hybridized carbons (Fsp3) is 0.375. The predicted octanol–water partition coefficient (Wildman–Crippen LogP) is 2.26. The maximum atomic E-state index is 12.0. The fourth-order valence-electron chi connectivity index (χ4n) is 1.86. The van der Waals surface area contributed by atoms with Crippen LogP contribution in [0.2, 0.25) is 0 Å². The number of aliphatic imine (C=N–C) groups is 1. The van der Waals surface area contributed by atoms with Crippen LogP contribution >= 0.6 is 11.8 Å². The topological polar surface area (TPSA) is 50.7 Å². The first-order valence-electron chi connectivity index (χ1n) is 6.92. The van der Waals surface area contributed by atoms with Gasteiger partial charge in [0.05, 0.1) is 18.3 Å². The molecule has 0 spiro atoms. The average molecular weight is 304 g/mol. The Balaban J connectivity index is 1.77. The van der Waals surface area contributed by atoms with Crippen LogP contribution in [-0.2, 0) is 9.53 Å². The van der Waals surface area contributed by atoms with E-state index >= 15 is 0 Å². The molecule has 0 aliphatic carbocycles. The van der Waals surface area contributed by atoms with E-state index < -0.39 is 0 Å². The van der Waals surface area contributed by atoms with Crippen molar-refractivity contribution in [3.63, 3.8) is 0 Å². The van der Waals surface area contributed by atoms with Crippen molar-refractivity contribution in [2.24, 2.45) is 4.99 Å². The second kappa shape index (κ2) is 8.00. The summed E-state index contributed by atoms with van der Waals surface area (Å²) in [4.78, 5) is 16.5. The number of rotatable bonds is 7. The van der Waals surface area contributed by atoms with Gasteiger partial charge in [0, 0.05) is 17.9 Å². The molecule has 21 heavy (non-hydrogen) atoms. The summed E-state index contributed by atoms with van der Waals surface area (Å²) in [5.74, 6) is 0.662. The van der Waals surface area contributed by atoms with Gasteiger partial charge in [-0.25, -0.2) is 0 Å². The third kappa shape index (κ3) is 5.02. The molecule has 1 aliphatic heterocycles. The minimum absolute atomic E-state index is 0.0349. The first-order valence-corrected chi connectivity index (χ1v) is 7.91. The van der Waals surface area contributed by atoms with Crippen LogP contribution in [0, 0.1) is 0 Å². The van der Waals surface area contributed by atoms with E-state index in [0.717, 1.165) is 16.2 Å². The highest BCUT2D eigenvalue weighted by Gasteiger charge is 2.25. The third-order valence-corrected chi connectivity index (χ3v) is 3.97. The van der Waals surface area contributed by atoms with Gasteiger partial charge >= 0.3 is 0 Å². The highest BCUT2D eigenvalue weighted by Crippen LogP contribution is 2.23. The number of benzene rings is 1. The Morgan fingerprint density at radius 1 is 1.48 bits per heavy atom. The van der Waals surface area contributed by atoms with E-state index in [4.69, 9.17) is 4.74 Å². The molecular weight excluding hydrogens is 284 g/mol. The Bertz CT molecular complexity index is 528. The van der Waals surface area contributed by atoms with Gasteiger partial charge in [-0.1, -0.05) is 42.5 Å². The largest absolute Gasteiger partial charge is 0.375 e. The van der Waals surface area contributed by atoms with Gasteiger partial charge in [0.2, 0.25) is 5.91 Å². The Kier molecular flexibility index (Phi) is 6.02. The molecule has 1 aromatic rings. The van der Waals surface area contributed by atoms with Gasteiger partial charge in [-0.2, -0.15) is 0 Å². The van der Waals surface area contributed by atoms with Crippen LogP contribution < -0.4 is 5.32 Å². The highest BCUT2D eigenvalue weighted by molar-refractivity contribution is 8.14. The van der Waals surface area contributed by atoms with Crippen molar-refractivity contribution in [1.29, 1.82) is 0 Å². The number of carbonyl (C=O) groups excluding carboxylic acids is 1. The summed E-state index contributed by atoms with van der Waals surface area (Å²) < 4.78 is 5.34. The van der Waals surface area contributed by atoms with Gasteiger partial charge in [-0.05, 0) is 6.92 Å². The van der Waals surface area contributed by atoms with Crippen LogP contribution in [0.25, 0.3) is 0 Å². The first kappa shape index (κ1) is 15.8. The number of thioether (sulfide) groups is 1. The molecule has 1 aliphatic rings. The second-order valence-corrected chi connectivity index (χ2v) is 5.94. The van der Waals surface area contributed by atoms with Crippen LogP contribution in [0.4, 0.5) is 0 Å². The summed E-state index contributed by atoms with van der Waals surface area (Å²) in [6, 6.07) is 9.65. The number of carbonyl (C=O) groups is 1. The molecule has 2 rings (SSSR count). The number of hydrogen-bond donors (Lipinski definition) is 1. The molecule has 1 unspecified atom stereocenters. The van der Waals surface area contributed by atoms with Crippen molar-refractivity contribution < 1.29 is 9.53 Å². The zero-order chi connectivity index (χ0) is 15.1. The van der Waals surface area contributed by atoms with E-state index in [1.54, 1.807) is 11.8 Å². The van der Waals surface area contributed by atoms with Gasteiger partial charge < -0.3 is 10.1 Å². The molecule has 0 radical (unpaired) electrons. The van der Waals surface area contributed by atoms with Crippen molar-refractivity contribution in [3.05, 3.63) is 48.0 Å². The molecule has 1 heterocycles. The van der Waals surface area contributed by atoms with Crippen molar-refractivity contribution in [3.8, 4) is 0 Å². The molecule has 0 aromatic heterocycles. The first-order chi connectivity index (χ1) is 10.2. The lowest BCUT2D eigenvalue weighted by atomic mass is 10.2. The summed E-state index contributed by atoms with van der Waals surface area (Å²) in [7, 11) is 0. The van der Waals surface area contributed by atoms with Crippen LogP contribution in [0.3, 0.4) is 0 Å². The summed E-state index contributed by atoms with van der Waals surface area (Å²) in [6.45, 7) is 7.20. The van der Waals surface area contributed by atoms with Gasteiger partial charge in [0.15, 0.2) is 0 Å². The number of nitrogens with zero attached hydrogens (tertiary/aromatic N) is 1. The Morgan fingerprint density at radius 2 is 2.24 bits per heavy atom. The maximum Gasteiger partial charge on any atom is 0.245 e. The molecule has 0 fully saturated rings. The number of amides is 1.